The lowest BCUT2D eigenvalue weighted by molar-refractivity contribution is 0.462. The van der Waals surface area contributed by atoms with E-state index in [0.717, 1.165) is 18.8 Å². The first-order valence-electron chi connectivity index (χ1n) is 4.93. The van der Waals surface area contributed by atoms with Crippen LogP contribution in [0.25, 0.3) is 0 Å². The Labute approximate surface area is 79.1 Å². The van der Waals surface area contributed by atoms with E-state index in [4.69, 9.17) is 5.73 Å². The molecule has 1 atom stereocenters. The predicted molar refractivity (Wildman–Crippen MR) is 55.7 cm³/mol. The normalized spacial score (nSPS) is 22.9. The zero-order valence-electron chi connectivity index (χ0n) is 7.79. The van der Waals surface area contributed by atoms with E-state index in [1.807, 2.05) is 12.1 Å². The molecule has 3 N–H and O–H groups in total. The van der Waals surface area contributed by atoms with Crippen LogP contribution in [0.3, 0.4) is 0 Å². The monoisotopic (exact) mass is 176 g/mol. The Balaban J connectivity index is 2.18. The maximum atomic E-state index is 5.92. The van der Waals surface area contributed by atoms with E-state index in [2.05, 4.69) is 17.4 Å². The summed E-state index contributed by atoms with van der Waals surface area (Å²) in [7, 11) is 0. The van der Waals surface area contributed by atoms with E-state index in [1.54, 1.807) is 0 Å². The number of hydrogen-bond acceptors (Lipinski definition) is 2. The number of rotatable bonds is 1. The van der Waals surface area contributed by atoms with Crippen molar-refractivity contribution in [2.45, 2.75) is 18.8 Å². The van der Waals surface area contributed by atoms with Crippen LogP contribution in [-0.2, 0) is 0 Å². The maximum Gasteiger partial charge on any atom is 0.0349 e. The van der Waals surface area contributed by atoms with E-state index >= 15 is 0 Å². The highest BCUT2D eigenvalue weighted by Gasteiger charge is 2.16. The summed E-state index contributed by atoms with van der Waals surface area (Å²) in [4.78, 5) is 0. The smallest absolute Gasteiger partial charge is 0.0349 e. The average molecular weight is 176 g/mol. The molecule has 1 saturated heterocycles. The zero-order valence-corrected chi connectivity index (χ0v) is 7.79. The van der Waals surface area contributed by atoms with E-state index < -0.39 is 0 Å². The number of anilines is 1. The third-order valence-corrected chi connectivity index (χ3v) is 2.73. The van der Waals surface area contributed by atoms with Crippen LogP contribution < -0.4 is 11.1 Å². The second kappa shape index (κ2) is 3.79. The van der Waals surface area contributed by atoms with Gasteiger partial charge in [-0.25, -0.2) is 0 Å². The number of hydrogen-bond donors (Lipinski definition) is 2. The lowest BCUT2D eigenvalue weighted by Crippen LogP contribution is -2.28. The summed E-state index contributed by atoms with van der Waals surface area (Å²) in [5.74, 6) is 0.620. The van der Waals surface area contributed by atoms with Gasteiger partial charge in [0.2, 0.25) is 0 Å². The summed E-state index contributed by atoms with van der Waals surface area (Å²) >= 11 is 0. The number of nitrogen functional groups attached to an aromatic ring is 1. The van der Waals surface area contributed by atoms with E-state index in [-0.39, 0.29) is 0 Å². The van der Waals surface area contributed by atoms with Crippen molar-refractivity contribution in [2.75, 3.05) is 18.8 Å². The van der Waals surface area contributed by atoms with Gasteiger partial charge >= 0.3 is 0 Å². The first-order valence-corrected chi connectivity index (χ1v) is 4.93. The molecule has 13 heavy (non-hydrogen) atoms. The van der Waals surface area contributed by atoms with Crippen LogP contribution in [0.15, 0.2) is 24.3 Å². The molecule has 1 heterocycles. The molecule has 0 aliphatic carbocycles. The van der Waals surface area contributed by atoms with Gasteiger partial charge in [0, 0.05) is 12.2 Å². The second-order valence-corrected chi connectivity index (χ2v) is 3.67. The first-order chi connectivity index (χ1) is 6.38. The molecular formula is C11H16N2. The zero-order chi connectivity index (χ0) is 9.10. The van der Waals surface area contributed by atoms with Crippen LogP contribution >= 0.6 is 0 Å². The minimum absolute atomic E-state index is 0.620. The van der Waals surface area contributed by atoms with Crippen molar-refractivity contribution in [2.24, 2.45) is 0 Å². The highest BCUT2D eigenvalue weighted by atomic mass is 14.9. The van der Waals surface area contributed by atoms with Crippen LogP contribution in [0.4, 0.5) is 5.69 Å². The first kappa shape index (κ1) is 8.57. The molecule has 0 amide bonds. The van der Waals surface area contributed by atoms with Crippen LogP contribution in [-0.4, -0.2) is 13.1 Å². The van der Waals surface area contributed by atoms with Crippen molar-refractivity contribution in [3.8, 4) is 0 Å². The predicted octanol–water partition coefficient (Wildman–Crippen LogP) is 1.74. The van der Waals surface area contributed by atoms with E-state index in [1.165, 1.54) is 18.4 Å². The van der Waals surface area contributed by atoms with Crippen LogP contribution in [0.2, 0.25) is 0 Å². The quantitative estimate of drug-likeness (QED) is 0.640. The summed E-state index contributed by atoms with van der Waals surface area (Å²) in [6, 6.07) is 8.20. The lowest BCUT2D eigenvalue weighted by atomic mass is 9.91. The molecule has 1 aliphatic rings. The highest BCUT2D eigenvalue weighted by molar-refractivity contribution is 5.48. The largest absolute Gasteiger partial charge is 0.398 e. The molecule has 1 aliphatic heterocycles. The molecule has 1 aromatic rings. The molecule has 0 aromatic heterocycles. The molecule has 1 fully saturated rings. The standard InChI is InChI=1S/C11H16N2/c12-11-6-2-1-5-10(11)9-4-3-7-13-8-9/h1-2,5-6,9,13H,3-4,7-8,12H2/t9-/m1/s1. The Hall–Kier alpha value is -1.02. The number of nitrogens with one attached hydrogen (secondary N) is 1. The van der Waals surface area contributed by atoms with Crippen molar-refractivity contribution >= 4 is 5.69 Å². The van der Waals surface area contributed by atoms with Gasteiger partial charge in [-0.05, 0) is 36.9 Å². The molecule has 0 unspecified atom stereocenters. The Bertz CT molecular complexity index is 277. The Morgan fingerprint density at radius 1 is 1.31 bits per heavy atom. The van der Waals surface area contributed by atoms with Crippen LogP contribution in [0.5, 0.6) is 0 Å². The van der Waals surface area contributed by atoms with Gasteiger partial charge in [-0.15, -0.1) is 0 Å². The Kier molecular flexibility index (Phi) is 2.50. The highest BCUT2D eigenvalue weighted by Crippen LogP contribution is 2.27. The third-order valence-electron chi connectivity index (χ3n) is 2.73. The molecule has 2 nitrogen and oxygen atoms in total. The van der Waals surface area contributed by atoms with Gasteiger partial charge < -0.3 is 11.1 Å². The van der Waals surface area contributed by atoms with Crippen molar-refractivity contribution in [3.63, 3.8) is 0 Å². The molecule has 0 spiro atoms. The lowest BCUT2D eigenvalue weighted by Gasteiger charge is -2.24. The van der Waals surface area contributed by atoms with Gasteiger partial charge in [-0.3, -0.25) is 0 Å². The van der Waals surface area contributed by atoms with Crippen LogP contribution in [0.1, 0.15) is 24.3 Å². The van der Waals surface area contributed by atoms with Crippen molar-refractivity contribution in [1.29, 1.82) is 0 Å². The number of para-hydroxylation sites is 1. The number of piperidine rings is 1. The van der Waals surface area contributed by atoms with Gasteiger partial charge in [0.15, 0.2) is 0 Å². The van der Waals surface area contributed by atoms with Crippen molar-refractivity contribution in [3.05, 3.63) is 29.8 Å². The minimum Gasteiger partial charge on any atom is -0.398 e. The summed E-state index contributed by atoms with van der Waals surface area (Å²) < 4.78 is 0. The molecule has 0 saturated carbocycles. The average Bonchev–Trinajstić information content (AvgIpc) is 2.20. The second-order valence-electron chi connectivity index (χ2n) is 3.67. The molecule has 0 radical (unpaired) electrons. The van der Waals surface area contributed by atoms with Gasteiger partial charge in [0.05, 0.1) is 0 Å². The van der Waals surface area contributed by atoms with E-state index in [9.17, 15) is 0 Å². The molecule has 70 valence electrons. The Morgan fingerprint density at radius 3 is 2.85 bits per heavy atom. The van der Waals surface area contributed by atoms with Gasteiger partial charge in [-0.2, -0.15) is 0 Å². The van der Waals surface area contributed by atoms with Gasteiger partial charge in [0.25, 0.3) is 0 Å². The van der Waals surface area contributed by atoms with Gasteiger partial charge in [0.1, 0.15) is 0 Å². The SMILES string of the molecule is Nc1ccccc1[C@@H]1CCCNC1. The fourth-order valence-electron chi connectivity index (χ4n) is 2.00. The third kappa shape index (κ3) is 1.83. The van der Waals surface area contributed by atoms with Crippen molar-refractivity contribution in [1.82, 2.24) is 5.32 Å². The molecule has 2 rings (SSSR count). The summed E-state index contributed by atoms with van der Waals surface area (Å²) in [5, 5.41) is 3.40. The summed E-state index contributed by atoms with van der Waals surface area (Å²) in [5.41, 5.74) is 8.18. The molecule has 2 heteroatoms. The number of nitrogens with two attached hydrogens (primary N) is 1. The molecular weight excluding hydrogens is 160 g/mol. The summed E-state index contributed by atoms with van der Waals surface area (Å²) in [6.45, 7) is 2.23. The van der Waals surface area contributed by atoms with Gasteiger partial charge in [-0.1, -0.05) is 18.2 Å². The minimum atomic E-state index is 0.620. The van der Waals surface area contributed by atoms with Crippen LogP contribution in [0, 0.1) is 0 Å². The molecule has 0 bridgehead atoms. The summed E-state index contributed by atoms with van der Waals surface area (Å²) in [6.07, 6.45) is 2.53. The number of benzene rings is 1. The Morgan fingerprint density at radius 2 is 2.15 bits per heavy atom. The maximum absolute atomic E-state index is 5.92. The fraction of sp³-hybridized carbons (Fsp3) is 0.455. The molecule has 1 aromatic carbocycles. The topological polar surface area (TPSA) is 38.0 Å². The van der Waals surface area contributed by atoms with E-state index in [0.29, 0.717) is 5.92 Å². The fourth-order valence-corrected chi connectivity index (χ4v) is 2.00. The van der Waals surface area contributed by atoms with Crippen molar-refractivity contribution < 1.29 is 0 Å².